The lowest BCUT2D eigenvalue weighted by Crippen LogP contribution is -2.40. The highest BCUT2D eigenvalue weighted by molar-refractivity contribution is 14.0. The number of ether oxygens (including phenoxy) is 1. The lowest BCUT2D eigenvalue weighted by atomic mass is 10.2. The maximum absolute atomic E-state index is 5.50. The molecule has 1 N–H and O–H groups in total. The maximum Gasteiger partial charge on any atom is 0.194 e. The highest BCUT2D eigenvalue weighted by Gasteiger charge is 2.25. The molecule has 2 saturated heterocycles. The lowest BCUT2D eigenvalue weighted by Gasteiger charge is -2.29. The van der Waals surface area contributed by atoms with Crippen molar-refractivity contribution in [3.05, 3.63) is 54.2 Å². The van der Waals surface area contributed by atoms with Crippen LogP contribution in [0.5, 0.6) is 0 Å². The van der Waals surface area contributed by atoms with Crippen molar-refractivity contribution < 1.29 is 4.74 Å². The van der Waals surface area contributed by atoms with Gasteiger partial charge in [0.15, 0.2) is 5.96 Å². The Balaban J connectivity index is 0.00000289. The van der Waals surface area contributed by atoms with Gasteiger partial charge in [0.25, 0.3) is 0 Å². The van der Waals surface area contributed by atoms with E-state index in [4.69, 9.17) is 9.73 Å². The molecule has 2 aromatic rings. The molecule has 6 nitrogen and oxygen atoms in total. The summed E-state index contributed by atoms with van der Waals surface area (Å²) in [5, 5.41) is 3.50. The van der Waals surface area contributed by atoms with E-state index in [0.29, 0.717) is 12.5 Å². The van der Waals surface area contributed by atoms with Gasteiger partial charge >= 0.3 is 0 Å². The van der Waals surface area contributed by atoms with Crippen LogP contribution in [0.2, 0.25) is 0 Å². The third kappa shape index (κ3) is 6.99. The molecule has 1 aromatic carbocycles. The van der Waals surface area contributed by atoms with Crippen molar-refractivity contribution in [1.82, 2.24) is 15.2 Å². The van der Waals surface area contributed by atoms with Crippen LogP contribution in [0, 0.1) is 5.92 Å². The third-order valence-corrected chi connectivity index (χ3v) is 6.97. The predicted molar refractivity (Wildman–Crippen MR) is 144 cm³/mol. The second-order valence-electron chi connectivity index (χ2n) is 7.98. The number of thioether (sulfide) groups is 1. The molecule has 8 heteroatoms. The number of likely N-dealkylation sites (tertiary alicyclic amines) is 1. The normalized spacial score (nSPS) is 19.0. The monoisotopic (exact) mass is 567 g/mol. The van der Waals surface area contributed by atoms with E-state index < -0.39 is 0 Å². The molecule has 2 fully saturated rings. The van der Waals surface area contributed by atoms with Gasteiger partial charge < -0.3 is 19.9 Å². The molecule has 0 aliphatic carbocycles. The zero-order valence-electron chi connectivity index (χ0n) is 18.8. The van der Waals surface area contributed by atoms with Gasteiger partial charge in [-0.05, 0) is 37.5 Å². The van der Waals surface area contributed by atoms with Gasteiger partial charge in [-0.15, -0.1) is 35.7 Å². The van der Waals surface area contributed by atoms with Crippen LogP contribution in [0.25, 0.3) is 0 Å². The summed E-state index contributed by atoms with van der Waals surface area (Å²) in [7, 11) is 0. The number of rotatable bonds is 7. The molecule has 3 heterocycles. The first-order valence-electron chi connectivity index (χ1n) is 11.3. The Labute approximate surface area is 213 Å². The first kappa shape index (κ1) is 25.1. The van der Waals surface area contributed by atoms with Gasteiger partial charge in [-0.2, -0.15) is 0 Å². The first-order chi connectivity index (χ1) is 15.3. The number of nitrogens with one attached hydrogen (secondary N) is 1. The number of pyridine rings is 1. The van der Waals surface area contributed by atoms with E-state index in [0.717, 1.165) is 63.5 Å². The highest BCUT2D eigenvalue weighted by Crippen LogP contribution is 2.26. The second-order valence-corrected chi connectivity index (χ2v) is 9.07. The average Bonchev–Trinajstić information content (AvgIpc) is 3.31. The molecule has 174 valence electrons. The molecule has 0 radical (unpaired) electrons. The van der Waals surface area contributed by atoms with Gasteiger partial charge in [-0.25, -0.2) is 9.98 Å². The summed E-state index contributed by atoms with van der Waals surface area (Å²) >= 11 is 1.96. The lowest BCUT2D eigenvalue weighted by molar-refractivity contribution is 0.122. The molecule has 4 rings (SSSR count). The summed E-state index contributed by atoms with van der Waals surface area (Å²) in [4.78, 5) is 15.7. The zero-order valence-corrected chi connectivity index (χ0v) is 21.9. The Morgan fingerprint density at radius 1 is 1.16 bits per heavy atom. The Hall–Kier alpha value is -1.52. The van der Waals surface area contributed by atoms with Crippen molar-refractivity contribution in [2.24, 2.45) is 10.9 Å². The molecule has 0 spiro atoms. The fourth-order valence-electron chi connectivity index (χ4n) is 4.09. The van der Waals surface area contributed by atoms with E-state index in [1.54, 1.807) is 0 Å². The number of anilines is 1. The fourth-order valence-corrected chi connectivity index (χ4v) is 5.14. The summed E-state index contributed by atoms with van der Waals surface area (Å²) in [5.74, 6) is 3.91. The summed E-state index contributed by atoms with van der Waals surface area (Å²) in [6, 6.07) is 14.9. The van der Waals surface area contributed by atoms with Crippen LogP contribution in [0.15, 0.2) is 58.5 Å². The third-order valence-electron chi connectivity index (χ3n) is 5.73. The van der Waals surface area contributed by atoms with Crippen LogP contribution < -0.4 is 10.2 Å². The van der Waals surface area contributed by atoms with Crippen LogP contribution in [0.1, 0.15) is 18.9 Å². The van der Waals surface area contributed by atoms with Gasteiger partial charge in [-0.1, -0.05) is 24.3 Å². The average molecular weight is 568 g/mol. The number of hydrogen-bond donors (Lipinski definition) is 1. The molecule has 1 aromatic heterocycles. The maximum atomic E-state index is 5.50. The molecule has 1 atom stereocenters. The zero-order chi connectivity index (χ0) is 21.3. The van der Waals surface area contributed by atoms with Crippen molar-refractivity contribution >= 4 is 47.5 Å². The Bertz CT molecular complexity index is 847. The molecule has 2 aliphatic heterocycles. The SMILES string of the molecule is CCNC(=NCc1cccnc1N1CCOCC1)N1CCC(CSc2ccccc2)C1.I. The van der Waals surface area contributed by atoms with Gasteiger partial charge in [0.05, 0.1) is 19.8 Å². The van der Waals surface area contributed by atoms with Crippen molar-refractivity contribution in [3.63, 3.8) is 0 Å². The van der Waals surface area contributed by atoms with Crippen LogP contribution in [0.4, 0.5) is 5.82 Å². The number of aromatic nitrogens is 1. The van der Waals surface area contributed by atoms with Crippen LogP contribution >= 0.6 is 35.7 Å². The molecule has 0 saturated carbocycles. The van der Waals surface area contributed by atoms with Crippen LogP contribution in [-0.2, 0) is 11.3 Å². The molecule has 0 bridgehead atoms. The van der Waals surface area contributed by atoms with E-state index >= 15 is 0 Å². The Morgan fingerprint density at radius 3 is 2.75 bits per heavy atom. The fraction of sp³-hybridized carbons (Fsp3) is 0.500. The Morgan fingerprint density at radius 2 is 1.97 bits per heavy atom. The summed E-state index contributed by atoms with van der Waals surface area (Å²) in [6.07, 6.45) is 3.09. The number of halogens is 1. The van der Waals surface area contributed by atoms with Crippen LogP contribution in [0.3, 0.4) is 0 Å². The largest absolute Gasteiger partial charge is 0.378 e. The molecule has 0 amide bonds. The van der Waals surface area contributed by atoms with Crippen molar-refractivity contribution in [3.8, 4) is 0 Å². The molecular weight excluding hydrogens is 533 g/mol. The summed E-state index contributed by atoms with van der Waals surface area (Å²) in [6.45, 7) is 9.09. The number of guanidine groups is 1. The molecular formula is C24H34IN5OS. The van der Waals surface area contributed by atoms with Crippen molar-refractivity contribution in [1.29, 1.82) is 0 Å². The molecule has 2 aliphatic rings. The number of nitrogens with zero attached hydrogens (tertiary/aromatic N) is 4. The van der Waals surface area contributed by atoms with E-state index in [2.05, 4.69) is 63.4 Å². The number of hydrogen-bond acceptors (Lipinski definition) is 5. The minimum Gasteiger partial charge on any atom is -0.378 e. The number of morpholine rings is 1. The first-order valence-corrected chi connectivity index (χ1v) is 12.3. The minimum absolute atomic E-state index is 0. The van der Waals surface area contributed by atoms with E-state index in [1.165, 1.54) is 16.9 Å². The summed E-state index contributed by atoms with van der Waals surface area (Å²) in [5.41, 5.74) is 1.18. The van der Waals surface area contributed by atoms with Gasteiger partial charge in [0, 0.05) is 55.1 Å². The standard InChI is InChI=1S/C24H33N5OS.HI/c1-2-25-24(29-12-10-20(18-29)19-31-22-8-4-3-5-9-22)27-17-21-7-6-11-26-23(21)28-13-15-30-16-14-28;/h3-9,11,20H,2,10,12-19H2,1H3,(H,25,27);1H. The predicted octanol–water partition coefficient (Wildman–Crippen LogP) is 4.12. The van der Waals surface area contributed by atoms with Gasteiger partial charge in [-0.3, -0.25) is 0 Å². The number of aliphatic imine (C=N–C) groups is 1. The van der Waals surface area contributed by atoms with Gasteiger partial charge in [0.1, 0.15) is 5.82 Å². The topological polar surface area (TPSA) is 53.0 Å². The van der Waals surface area contributed by atoms with E-state index in [9.17, 15) is 0 Å². The second kappa shape index (κ2) is 13.3. The van der Waals surface area contributed by atoms with Crippen molar-refractivity contribution in [2.75, 3.05) is 56.6 Å². The molecule has 32 heavy (non-hydrogen) atoms. The van der Waals surface area contributed by atoms with E-state index in [-0.39, 0.29) is 24.0 Å². The summed E-state index contributed by atoms with van der Waals surface area (Å²) < 4.78 is 5.50. The van der Waals surface area contributed by atoms with Crippen molar-refractivity contribution in [2.45, 2.75) is 24.8 Å². The van der Waals surface area contributed by atoms with E-state index in [1.807, 2.05) is 24.0 Å². The smallest absolute Gasteiger partial charge is 0.194 e. The Kier molecular flexibility index (Phi) is 10.4. The van der Waals surface area contributed by atoms with Gasteiger partial charge in [0.2, 0.25) is 0 Å². The number of benzene rings is 1. The quantitative estimate of drug-likeness (QED) is 0.235. The minimum atomic E-state index is 0. The van der Waals surface area contributed by atoms with Crippen LogP contribution in [-0.4, -0.2) is 67.5 Å². The highest BCUT2D eigenvalue weighted by atomic mass is 127. The molecule has 1 unspecified atom stereocenters.